The van der Waals surface area contributed by atoms with Crippen LogP contribution in [0.15, 0.2) is 28.7 Å². The van der Waals surface area contributed by atoms with E-state index in [1.165, 1.54) is 38.5 Å². The van der Waals surface area contributed by atoms with Gasteiger partial charge in [-0.05, 0) is 86.8 Å². The number of hydrogen-bond donors (Lipinski definition) is 1. The van der Waals surface area contributed by atoms with Gasteiger partial charge in [0.1, 0.15) is 0 Å². The molecule has 118 valence electrons. The number of rotatable bonds is 3. The number of carbonyl (C=O) groups is 1. The molecule has 1 aromatic rings. The van der Waals surface area contributed by atoms with E-state index in [2.05, 4.69) is 28.2 Å². The first-order valence-electron chi connectivity index (χ1n) is 8.60. The predicted molar refractivity (Wildman–Crippen MR) is 91.7 cm³/mol. The highest BCUT2D eigenvalue weighted by atomic mass is 79.9. The second kappa shape index (κ2) is 5.36. The van der Waals surface area contributed by atoms with Crippen molar-refractivity contribution in [2.24, 2.45) is 23.2 Å². The quantitative estimate of drug-likeness (QED) is 0.824. The molecule has 0 aliphatic heterocycles. The zero-order valence-corrected chi connectivity index (χ0v) is 14.7. The fourth-order valence-corrected chi connectivity index (χ4v) is 6.17. The molecule has 4 saturated carbocycles. The maximum absolute atomic E-state index is 12.6. The molecular formula is C19H24BrNO. The van der Waals surface area contributed by atoms with Crippen LogP contribution >= 0.6 is 15.9 Å². The van der Waals surface area contributed by atoms with Gasteiger partial charge in [-0.2, -0.15) is 0 Å². The number of benzene rings is 1. The number of hydrogen-bond acceptors (Lipinski definition) is 1. The van der Waals surface area contributed by atoms with Gasteiger partial charge in [-0.15, -0.1) is 0 Å². The Morgan fingerprint density at radius 3 is 2.32 bits per heavy atom. The Bertz CT molecular complexity index is 562. The van der Waals surface area contributed by atoms with E-state index in [1.807, 2.05) is 24.3 Å². The minimum atomic E-state index is 0.0737. The fraction of sp³-hybridized carbons (Fsp3) is 0.632. The second-order valence-corrected chi connectivity index (χ2v) is 8.90. The molecule has 0 spiro atoms. The van der Waals surface area contributed by atoms with Gasteiger partial charge in [-0.25, -0.2) is 0 Å². The third kappa shape index (κ3) is 2.51. The molecule has 1 aromatic carbocycles. The summed E-state index contributed by atoms with van der Waals surface area (Å²) in [6.07, 6.45) is 8.35. The zero-order chi connectivity index (χ0) is 15.3. The minimum Gasteiger partial charge on any atom is -0.349 e. The first-order chi connectivity index (χ1) is 10.5. The highest BCUT2D eigenvalue weighted by molar-refractivity contribution is 9.10. The van der Waals surface area contributed by atoms with Gasteiger partial charge in [0.25, 0.3) is 5.91 Å². The Hall–Kier alpha value is -0.830. The van der Waals surface area contributed by atoms with Gasteiger partial charge in [0.05, 0.1) is 0 Å². The largest absolute Gasteiger partial charge is 0.349 e. The molecule has 0 unspecified atom stereocenters. The number of carbonyl (C=O) groups excluding carboxylic acids is 1. The smallest absolute Gasteiger partial charge is 0.251 e. The standard InChI is InChI=1S/C19H24BrNO/c1-12(21-18(22)16-3-2-4-17(20)8-16)19-9-13-5-14(10-19)7-15(6-13)11-19/h2-4,8,12-15H,5-7,9-11H2,1H3,(H,21,22)/t12-,13?,14?,15?,19?/m0/s1. The summed E-state index contributed by atoms with van der Waals surface area (Å²) in [6.45, 7) is 2.24. The first kappa shape index (κ1) is 14.7. The second-order valence-electron chi connectivity index (χ2n) is 7.99. The lowest BCUT2D eigenvalue weighted by Crippen LogP contribution is -2.55. The molecule has 3 heteroatoms. The predicted octanol–water partition coefficient (Wildman–Crippen LogP) is 4.78. The molecule has 4 bridgehead atoms. The van der Waals surface area contributed by atoms with Gasteiger partial charge in [0, 0.05) is 16.1 Å². The molecule has 5 rings (SSSR count). The van der Waals surface area contributed by atoms with Gasteiger partial charge in [0.2, 0.25) is 0 Å². The van der Waals surface area contributed by atoms with E-state index in [-0.39, 0.29) is 11.9 Å². The summed E-state index contributed by atoms with van der Waals surface area (Å²) in [5.41, 5.74) is 1.13. The van der Waals surface area contributed by atoms with Crippen molar-refractivity contribution in [1.29, 1.82) is 0 Å². The lowest BCUT2D eigenvalue weighted by Gasteiger charge is -2.59. The van der Waals surface area contributed by atoms with E-state index < -0.39 is 0 Å². The van der Waals surface area contributed by atoms with Crippen LogP contribution in [-0.2, 0) is 0 Å². The Morgan fingerprint density at radius 1 is 1.18 bits per heavy atom. The number of nitrogens with one attached hydrogen (secondary N) is 1. The van der Waals surface area contributed by atoms with Crippen molar-refractivity contribution in [3.63, 3.8) is 0 Å². The molecule has 2 nitrogen and oxygen atoms in total. The van der Waals surface area contributed by atoms with Crippen LogP contribution < -0.4 is 5.32 Å². The van der Waals surface area contributed by atoms with Crippen LogP contribution in [0.1, 0.15) is 55.8 Å². The topological polar surface area (TPSA) is 29.1 Å². The molecule has 1 N–H and O–H groups in total. The maximum Gasteiger partial charge on any atom is 0.251 e. The van der Waals surface area contributed by atoms with E-state index in [0.29, 0.717) is 5.41 Å². The molecule has 4 fully saturated rings. The maximum atomic E-state index is 12.6. The first-order valence-corrected chi connectivity index (χ1v) is 9.40. The summed E-state index contributed by atoms with van der Waals surface area (Å²) in [5.74, 6) is 2.86. The molecule has 0 radical (unpaired) electrons. The van der Waals surface area contributed by atoms with Gasteiger partial charge >= 0.3 is 0 Å². The molecule has 4 aliphatic carbocycles. The Kier molecular flexibility index (Phi) is 3.60. The summed E-state index contributed by atoms with van der Waals surface area (Å²) in [7, 11) is 0. The van der Waals surface area contributed by atoms with Gasteiger partial charge < -0.3 is 5.32 Å². The van der Waals surface area contributed by atoms with Crippen molar-refractivity contribution in [3.05, 3.63) is 34.3 Å². The summed E-state index contributed by atoms with van der Waals surface area (Å²) in [6, 6.07) is 7.97. The molecule has 4 aliphatic rings. The van der Waals surface area contributed by atoms with E-state index in [4.69, 9.17) is 0 Å². The summed E-state index contributed by atoms with van der Waals surface area (Å²) < 4.78 is 0.961. The van der Waals surface area contributed by atoms with Crippen LogP contribution in [0.25, 0.3) is 0 Å². The third-order valence-electron chi connectivity index (χ3n) is 6.44. The zero-order valence-electron chi connectivity index (χ0n) is 13.1. The third-order valence-corrected chi connectivity index (χ3v) is 6.93. The van der Waals surface area contributed by atoms with E-state index in [9.17, 15) is 4.79 Å². The SMILES string of the molecule is C[C@H](NC(=O)c1cccc(Br)c1)C12CC3CC(CC(C3)C1)C2. The molecule has 1 amide bonds. The van der Waals surface area contributed by atoms with Crippen LogP contribution in [0, 0.1) is 23.2 Å². The van der Waals surface area contributed by atoms with Gasteiger partial charge in [-0.1, -0.05) is 22.0 Å². The number of amides is 1. The lowest BCUT2D eigenvalue weighted by atomic mass is 9.48. The Morgan fingerprint density at radius 2 is 1.77 bits per heavy atom. The monoisotopic (exact) mass is 361 g/mol. The molecule has 22 heavy (non-hydrogen) atoms. The van der Waals surface area contributed by atoms with Crippen molar-refractivity contribution < 1.29 is 4.79 Å². The van der Waals surface area contributed by atoms with Crippen LogP contribution in [0.3, 0.4) is 0 Å². The van der Waals surface area contributed by atoms with Crippen LogP contribution in [-0.4, -0.2) is 11.9 Å². The van der Waals surface area contributed by atoms with Crippen LogP contribution in [0.4, 0.5) is 0 Å². The van der Waals surface area contributed by atoms with Crippen molar-refractivity contribution in [3.8, 4) is 0 Å². The fourth-order valence-electron chi connectivity index (χ4n) is 5.77. The van der Waals surface area contributed by atoms with E-state index >= 15 is 0 Å². The van der Waals surface area contributed by atoms with E-state index in [1.54, 1.807) is 0 Å². The lowest BCUT2D eigenvalue weighted by molar-refractivity contribution is -0.0688. The highest BCUT2D eigenvalue weighted by Gasteiger charge is 2.53. The van der Waals surface area contributed by atoms with Crippen molar-refractivity contribution >= 4 is 21.8 Å². The normalized spacial score (nSPS) is 37.1. The van der Waals surface area contributed by atoms with Gasteiger partial charge in [-0.3, -0.25) is 4.79 Å². The molecule has 0 saturated heterocycles. The van der Waals surface area contributed by atoms with Crippen molar-refractivity contribution in [2.45, 2.75) is 51.5 Å². The Labute approximate surface area is 141 Å². The van der Waals surface area contributed by atoms with Gasteiger partial charge in [0.15, 0.2) is 0 Å². The Balaban J connectivity index is 1.50. The summed E-state index contributed by atoms with van der Waals surface area (Å²) >= 11 is 3.45. The molecule has 0 aromatic heterocycles. The molecule has 0 heterocycles. The van der Waals surface area contributed by atoms with E-state index in [0.717, 1.165) is 27.8 Å². The minimum absolute atomic E-state index is 0.0737. The highest BCUT2D eigenvalue weighted by Crippen LogP contribution is 2.61. The van der Waals surface area contributed by atoms with Crippen molar-refractivity contribution in [1.82, 2.24) is 5.32 Å². The average Bonchev–Trinajstić information content (AvgIpc) is 2.45. The molecule has 1 atom stereocenters. The van der Waals surface area contributed by atoms with Crippen LogP contribution in [0.2, 0.25) is 0 Å². The van der Waals surface area contributed by atoms with Crippen molar-refractivity contribution in [2.75, 3.05) is 0 Å². The molecular weight excluding hydrogens is 338 g/mol. The average molecular weight is 362 g/mol. The van der Waals surface area contributed by atoms with Crippen LogP contribution in [0.5, 0.6) is 0 Å². The summed E-state index contributed by atoms with van der Waals surface area (Å²) in [4.78, 5) is 12.6. The number of halogens is 1. The summed E-state index contributed by atoms with van der Waals surface area (Å²) in [5, 5.41) is 3.32.